The molecule has 0 aliphatic carbocycles. The van der Waals surface area contributed by atoms with E-state index >= 15 is 0 Å². The molecule has 0 atom stereocenters. The predicted octanol–water partition coefficient (Wildman–Crippen LogP) is 8.95. The van der Waals surface area contributed by atoms with Crippen LogP contribution in [-0.4, -0.2) is 17.8 Å². The van der Waals surface area contributed by atoms with E-state index in [4.69, 9.17) is 44.3 Å². The first-order valence-corrected chi connectivity index (χ1v) is 14.0. The molecule has 0 saturated heterocycles. The smallest absolute Gasteiger partial charge is 0.363 e. The molecule has 0 amide bonds. The molecule has 38 heavy (non-hydrogen) atoms. The van der Waals surface area contributed by atoms with Crippen molar-refractivity contribution in [3.8, 4) is 5.75 Å². The Bertz CT molecular complexity index is 1870. The third-order valence-corrected chi connectivity index (χ3v) is 9.31. The second kappa shape index (κ2) is 9.84. The van der Waals surface area contributed by atoms with Crippen molar-refractivity contribution in [3.05, 3.63) is 102 Å². The summed E-state index contributed by atoms with van der Waals surface area (Å²) in [6.45, 7) is 1.97. The molecule has 0 unspecified atom stereocenters. The van der Waals surface area contributed by atoms with Crippen LogP contribution in [0.5, 0.6) is 5.75 Å². The maximum absolute atomic E-state index is 13.1. The second-order valence-corrected chi connectivity index (χ2v) is 11.7. The lowest BCUT2D eigenvalue weighted by Gasteiger charge is -2.07. The van der Waals surface area contributed by atoms with Crippen molar-refractivity contribution in [2.45, 2.75) is 6.92 Å². The number of para-hydroxylation sites is 1. The van der Waals surface area contributed by atoms with E-state index in [1.807, 2.05) is 31.2 Å². The molecule has 1 aliphatic heterocycles. The van der Waals surface area contributed by atoms with Gasteiger partial charge in [0.15, 0.2) is 5.70 Å². The Morgan fingerprint density at radius 1 is 0.947 bits per heavy atom. The minimum Gasteiger partial charge on any atom is -0.422 e. The summed E-state index contributed by atoms with van der Waals surface area (Å²) in [7, 11) is 0. The van der Waals surface area contributed by atoms with Crippen molar-refractivity contribution in [3.63, 3.8) is 0 Å². The molecule has 10 heteroatoms. The number of hydrogen-bond acceptors (Lipinski definition) is 7. The molecule has 0 saturated carbocycles. The van der Waals surface area contributed by atoms with Gasteiger partial charge in [-0.2, -0.15) is 0 Å². The van der Waals surface area contributed by atoms with Gasteiger partial charge in [-0.3, -0.25) is 0 Å². The van der Waals surface area contributed by atoms with E-state index in [-0.39, 0.29) is 17.3 Å². The number of thiophene rings is 2. The van der Waals surface area contributed by atoms with Crippen LogP contribution >= 0.6 is 57.5 Å². The first kappa shape index (κ1) is 25.1. The number of aliphatic imine (C=N–C) groups is 1. The standard InChI is InChI=1S/C28H14Cl3NO4S2/c1-13-6-8-16-20(10-13)38-25(23(16)31)28(34)35-19-5-3-2-4-14(19)11-18-27(33)36-26(32-18)24-22(30)17-9-7-15(29)12-21(17)37-24/h2-12H,1H3/b18-11+. The normalized spacial score (nSPS) is 14.4. The summed E-state index contributed by atoms with van der Waals surface area (Å²) in [5.74, 6) is -0.879. The van der Waals surface area contributed by atoms with Gasteiger partial charge in [-0.25, -0.2) is 14.6 Å². The first-order valence-electron chi connectivity index (χ1n) is 11.2. The van der Waals surface area contributed by atoms with Gasteiger partial charge in [0.05, 0.1) is 10.0 Å². The van der Waals surface area contributed by atoms with E-state index in [1.54, 1.807) is 36.4 Å². The molecule has 3 aromatic carbocycles. The summed E-state index contributed by atoms with van der Waals surface area (Å²) < 4.78 is 12.9. The molecule has 0 fully saturated rings. The van der Waals surface area contributed by atoms with Crippen LogP contribution in [0.4, 0.5) is 0 Å². The number of esters is 2. The topological polar surface area (TPSA) is 65.0 Å². The zero-order valence-electron chi connectivity index (χ0n) is 19.4. The van der Waals surface area contributed by atoms with Crippen LogP contribution in [0.25, 0.3) is 26.2 Å². The lowest BCUT2D eigenvalue weighted by atomic mass is 10.1. The van der Waals surface area contributed by atoms with Gasteiger partial charge < -0.3 is 9.47 Å². The number of aryl methyl sites for hydroxylation is 1. The van der Waals surface area contributed by atoms with Gasteiger partial charge in [-0.05, 0) is 42.8 Å². The van der Waals surface area contributed by atoms with Gasteiger partial charge in [0.2, 0.25) is 5.90 Å². The van der Waals surface area contributed by atoms with Gasteiger partial charge in [0.25, 0.3) is 0 Å². The first-order chi connectivity index (χ1) is 18.3. The van der Waals surface area contributed by atoms with E-state index in [0.717, 1.165) is 25.7 Å². The van der Waals surface area contributed by atoms with Gasteiger partial charge in [-0.1, -0.05) is 71.2 Å². The number of cyclic esters (lactones) is 1. The fraction of sp³-hybridized carbons (Fsp3) is 0.0357. The third kappa shape index (κ3) is 4.51. The molecular weight excluding hydrogens is 585 g/mol. The number of rotatable bonds is 4. The molecule has 0 N–H and O–H groups in total. The average molecular weight is 599 g/mol. The average Bonchev–Trinajstić information content (AvgIpc) is 3.52. The van der Waals surface area contributed by atoms with Crippen molar-refractivity contribution in [2.75, 3.05) is 0 Å². The Morgan fingerprint density at radius 3 is 2.53 bits per heavy atom. The molecule has 188 valence electrons. The lowest BCUT2D eigenvalue weighted by Crippen LogP contribution is -2.08. The summed E-state index contributed by atoms with van der Waals surface area (Å²) in [5, 5.41) is 2.94. The number of benzene rings is 3. The van der Waals surface area contributed by atoms with Crippen LogP contribution in [0.1, 0.15) is 25.7 Å². The largest absolute Gasteiger partial charge is 0.422 e. The monoisotopic (exact) mass is 597 g/mol. The van der Waals surface area contributed by atoms with E-state index in [0.29, 0.717) is 30.4 Å². The highest BCUT2D eigenvalue weighted by molar-refractivity contribution is 7.22. The van der Waals surface area contributed by atoms with E-state index in [1.165, 1.54) is 28.7 Å². The lowest BCUT2D eigenvalue weighted by molar-refractivity contribution is -0.129. The van der Waals surface area contributed by atoms with E-state index in [2.05, 4.69) is 4.99 Å². The van der Waals surface area contributed by atoms with Crippen LogP contribution in [0.2, 0.25) is 15.1 Å². The third-order valence-electron chi connectivity index (χ3n) is 5.79. The van der Waals surface area contributed by atoms with Crippen LogP contribution in [-0.2, 0) is 9.53 Å². The number of carbonyl (C=O) groups is 2. The molecule has 2 aromatic heterocycles. The molecular formula is C28H14Cl3NO4S2. The van der Waals surface area contributed by atoms with Gasteiger partial charge in [-0.15, -0.1) is 22.7 Å². The fourth-order valence-electron chi connectivity index (χ4n) is 3.97. The van der Waals surface area contributed by atoms with Crippen molar-refractivity contribution in [1.82, 2.24) is 0 Å². The van der Waals surface area contributed by atoms with E-state index in [9.17, 15) is 9.59 Å². The number of halogens is 3. The summed E-state index contributed by atoms with van der Waals surface area (Å²) in [4.78, 5) is 31.0. The van der Waals surface area contributed by atoms with Gasteiger partial charge in [0, 0.05) is 30.8 Å². The minimum absolute atomic E-state index is 0.0467. The number of ether oxygens (including phenoxy) is 2. The highest BCUT2D eigenvalue weighted by Gasteiger charge is 2.28. The molecule has 0 bridgehead atoms. The van der Waals surface area contributed by atoms with Crippen molar-refractivity contribution < 1.29 is 19.1 Å². The summed E-state index contributed by atoms with van der Waals surface area (Å²) in [5.41, 5.74) is 1.59. The molecule has 1 aliphatic rings. The minimum atomic E-state index is -0.643. The summed E-state index contributed by atoms with van der Waals surface area (Å²) in [6, 6.07) is 18.0. The Balaban J connectivity index is 1.32. The van der Waals surface area contributed by atoms with Gasteiger partial charge in [0.1, 0.15) is 15.5 Å². The Labute approximate surface area is 239 Å². The number of hydrogen-bond donors (Lipinski definition) is 0. The van der Waals surface area contributed by atoms with Crippen molar-refractivity contribution in [2.24, 2.45) is 4.99 Å². The molecule has 0 radical (unpaired) electrons. The molecule has 6 rings (SSSR count). The Morgan fingerprint density at radius 2 is 1.68 bits per heavy atom. The highest BCUT2D eigenvalue weighted by atomic mass is 35.5. The van der Waals surface area contributed by atoms with Crippen LogP contribution in [0.15, 0.2) is 71.4 Å². The van der Waals surface area contributed by atoms with Crippen LogP contribution in [0.3, 0.4) is 0 Å². The van der Waals surface area contributed by atoms with Crippen molar-refractivity contribution in [1.29, 1.82) is 0 Å². The Kier molecular flexibility index (Phi) is 6.50. The maximum atomic E-state index is 13.1. The Hall–Kier alpha value is -3.20. The summed E-state index contributed by atoms with van der Waals surface area (Å²) in [6.07, 6.45) is 1.51. The fourth-order valence-corrected chi connectivity index (χ4v) is 7.17. The number of carbonyl (C=O) groups excluding carboxylic acids is 2. The van der Waals surface area contributed by atoms with Crippen LogP contribution < -0.4 is 4.74 Å². The molecule has 3 heterocycles. The van der Waals surface area contributed by atoms with Gasteiger partial charge >= 0.3 is 11.9 Å². The molecule has 5 nitrogen and oxygen atoms in total. The zero-order chi connectivity index (χ0) is 26.6. The SMILES string of the molecule is Cc1ccc2c(Cl)c(C(=O)Oc3ccccc3/C=C3/N=C(c4sc5cc(Cl)ccc5c4Cl)OC3=O)sc2c1. The number of fused-ring (bicyclic) bond motifs is 2. The zero-order valence-corrected chi connectivity index (χ0v) is 23.3. The van der Waals surface area contributed by atoms with E-state index < -0.39 is 11.9 Å². The predicted molar refractivity (Wildman–Crippen MR) is 155 cm³/mol. The summed E-state index contributed by atoms with van der Waals surface area (Å²) >= 11 is 21.7. The quantitative estimate of drug-likeness (QED) is 0.118. The maximum Gasteiger partial charge on any atom is 0.363 e. The second-order valence-electron chi connectivity index (χ2n) is 8.39. The van der Waals surface area contributed by atoms with Crippen LogP contribution in [0, 0.1) is 6.92 Å². The molecule has 5 aromatic rings. The molecule has 0 spiro atoms. The highest BCUT2D eigenvalue weighted by Crippen LogP contribution is 2.39. The number of nitrogens with zero attached hydrogens (tertiary/aromatic N) is 1. The van der Waals surface area contributed by atoms with Crippen molar-refractivity contribution >= 4 is 102 Å².